The van der Waals surface area contributed by atoms with E-state index < -0.39 is 0 Å². The Balaban J connectivity index is 1.25. The third-order valence-corrected chi connectivity index (χ3v) is 5.94. The lowest BCUT2D eigenvalue weighted by atomic mass is 10.1. The first-order chi connectivity index (χ1) is 17.1. The number of hydrogen-bond donors (Lipinski definition) is 2. The van der Waals surface area contributed by atoms with Crippen molar-refractivity contribution in [2.24, 2.45) is 0 Å². The Morgan fingerprint density at radius 3 is 2.74 bits per heavy atom. The molecular formula is C26H25N7O2. The van der Waals surface area contributed by atoms with E-state index >= 15 is 0 Å². The predicted octanol–water partition coefficient (Wildman–Crippen LogP) is 3.42. The Bertz CT molecular complexity index is 1350. The summed E-state index contributed by atoms with van der Waals surface area (Å²) in [6, 6.07) is 14.9. The highest BCUT2D eigenvalue weighted by molar-refractivity contribution is 6.01. The molecule has 0 aliphatic carbocycles. The molecule has 1 aliphatic rings. The van der Waals surface area contributed by atoms with Gasteiger partial charge in [-0.1, -0.05) is 18.2 Å². The summed E-state index contributed by atoms with van der Waals surface area (Å²) < 4.78 is 1.98. The summed E-state index contributed by atoms with van der Waals surface area (Å²) >= 11 is 0. The molecule has 9 heteroatoms. The highest BCUT2D eigenvalue weighted by Gasteiger charge is 2.24. The number of benzene rings is 2. The van der Waals surface area contributed by atoms with E-state index in [0.717, 1.165) is 41.2 Å². The number of rotatable bonds is 7. The number of carbonyl (C=O) groups is 2. The number of nitrogens with one attached hydrogen (secondary N) is 2. The molecule has 0 radical (unpaired) electrons. The van der Waals surface area contributed by atoms with Crippen molar-refractivity contribution in [3.05, 3.63) is 84.6 Å². The van der Waals surface area contributed by atoms with Crippen LogP contribution >= 0.6 is 0 Å². The number of amides is 2. The molecule has 0 atom stereocenters. The first-order valence-corrected chi connectivity index (χ1v) is 11.4. The normalized spacial score (nSPS) is 12.5. The van der Waals surface area contributed by atoms with Gasteiger partial charge in [0.2, 0.25) is 11.9 Å². The van der Waals surface area contributed by atoms with E-state index in [0.29, 0.717) is 18.1 Å². The zero-order valence-corrected chi connectivity index (χ0v) is 19.3. The van der Waals surface area contributed by atoms with Gasteiger partial charge in [-0.3, -0.25) is 9.59 Å². The van der Waals surface area contributed by atoms with E-state index in [1.165, 1.54) is 0 Å². The Kier molecular flexibility index (Phi) is 6.21. The van der Waals surface area contributed by atoms with Crippen molar-refractivity contribution in [2.45, 2.75) is 19.4 Å². The lowest BCUT2D eigenvalue weighted by Gasteiger charge is -2.16. The molecule has 3 heterocycles. The standard InChI is InChI=1S/C26H25N7O2/c1-32-22-6-3-2-5-21(22)24-19(15-23(32)34)16-29-26(31-24)30-20-9-7-18(8-10-20)25(35)28-11-4-13-33-14-12-27-17-33/h2-3,5-10,12,14,16-17H,4,11,13,15H2,1H3,(H,28,35)(H,29,30,31). The average Bonchev–Trinajstić information content (AvgIpc) is 3.38. The van der Waals surface area contributed by atoms with Gasteiger partial charge in [0.1, 0.15) is 0 Å². The van der Waals surface area contributed by atoms with Crippen molar-refractivity contribution in [2.75, 3.05) is 23.8 Å². The van der Waals surface area contributed by atoms with Gasteiger partial charge in [-0.05, 0) is 36.8 Å². The van der Waals surface area contributed by atoms with E-state index in [1.807, 2.05) is 47.2 Å². The van der Waals surface area contributed by atoms with Crippen molar-refractivity contribution < 1.29 is 9.59 Å². The van der Waals surface area contributed by atoms with Gasteiger partial charge >= 0.3 is 0 Å². The van der Waals surface area contributed by atoms with Gasteiger partial charge in [0.15, 0.2) is 0 Å². The largest absolute Gasteiger partial charge is 0.352 e. The van der Waals surface area contributed by atoms with E-state index in [1.54, 1.807) is 42.8 Å². The van der Waals surface area contributed by atoms with Crippen LogP contribution in [0.2, 0.25) is 0 Å². The quantitative estimate of drug-likeness (QED) is 0.404. The lowest BCUT2D eigenvalue weighted by molar-refractivity contribution is -0.117. The molecule has 0 bridgehead atoms. The van der Waals surface area contributed by atoms with Crippen LogP contribution in [-0.4, -0.2) is 44.9 Å². The number of aryl methyl sites for hydroxylation is 1. The number of imidazole rings is 1. The fourth-order valence-electron chi connectivity index (χ4n) is 4.03. The van der Waals surface area contributed by atoms with Crippen molar-refractivity contribution in [3.8, 4) is 11.3 Å². The Morgan fingerprint density at radius 1 is 1.11 bits per heavy atom. The van der Waals surface area contributed by atoms with Crippen LogP contribution in [0.1, 0.15) is 22.3 Å². The molecule has 9 nitrogen and oxygen atoms in total. The Hall–Kier alpha value is -4.53. The number of aromatic nitrogens is 4. The monoisotopic (exact) mass is 467 g/mol. The molecule has 0 fully saturated rings. The number of para-hydroxylation sites is 1. The predicted molar refractivity (Wildman–Crippen MR) is 133 cm³/mol. The van der Waals surface area contributed by atoms with Crippen LogP contribution in [0.4, 0.5) is 17.3 Å². The number of nitrogens with zero attached hydrogens (tertiary/aromatic N) is 5. The molecule has 1 aliphatic heterocycles. The molecule has 0 saturated carbocycles. The SMILES string of the molecule is CN1C(=O)Cc2cnc(Nc3ccc(C(=O)NCCCn4ccnc4)cc3)nc2-c2ccccc21. The first kappa shape index (κ1) is 22.3. The van der Waals surface area contributed by atoms with Gasteiger partial charge in [0.05, 0.1) is 24.1 Å². The molecule has 176 valence electrons. The molecule has 2 amide bonds. The van der Waals surface area contributed by atoms with Gasteiger partial charge < -0.3 is 20.1 Å². The number of anilines is 3. The molecular weight excluding hydrogens is 442 g/mol. The number of likely N-dealkylation sites (N-methyl/N-ethyl adjacent to an activating group) is 1. The summed E-state index contributed by atoms with van der Waals surface area (Å²) in [5.74, 6) is 0.303. The zero-order chi connectivity index (χ0) is 24.2. The molecule has 2 aromatic carbocycles. The highest BCUT2D eigenvalue weighted by atomic mass is 16.2. The zero-order valence-electron chi connectivity index (χ0n) is 19.3. The summed E-state index contributed by atoms with van der Waals surface area (Å²) in [7, 11) is 1.77. The minimum Gasteiger partial charge on any atom is -0.352 e. The van der Waals surface area contributed by atoms with Crippen molar-refractivity contribution in [3.63, 3.8) is 0 Å². The summed E-state index contributed by atoms with van der Waals surface area (Å²) in [4.78, 5) is 39.8. The van der Waals surface area contributed by atoms with Crippen molar-refractivity contribution in [1.82, 2.24) is 24.8 Å². The van der Waals surface area contributed by atoms with E-state index in [9.17, 15) is 9.59 Å². The first-order valence-electron chi connectivity index (χ1n) is 11.4. The Labute approximate surface area is 202 Å². The van der Waals surface area contributed by atoms with E-state index in [4.69, 9.17) is 4.98 Å². The maximum absolute atomic E-state index is 12.6. The Morgan fingerprint density at radius 2 is 1.94 bits per heavy atom. The van der Waals surface area contributed by atoms with Gasteiger partial charge in [-0.25, -0.2) is 15.0 Å². The second-order valence-corrected chi connectivity index (χ2v) is 8.33. The summed E-state index contributed by atoms with van der Waals surface area (Å²) in [5.41, 5.74) is 4.58. The van der Waals surface area contributed by atoms with Crippen LogP contribution in [-0.2, 0) is 17.8 Å². The molecule has 5 rings (SSSR count). The molecule has 35 heavy (non-hydrogen) atoms. The molecule has 2 aromatic heterocycles. The number of hydrogen-bond acceptors (Lipinski definition) is 6. The number of carbonyl (C=O) groups excluding carboxylic acids is 2. The summed E-state index contributed by atoms with van der Waals surface area (Å²) in [5, 5.41) is 6.14. The maximum Gasteiger partial charge on any atom is 0.251 e. The fraction of sp³-hybridized carbons (Fsp3) is 0.192. The lowest BCUT2D eigenvalue weighted by Crippen LogP contribution is -2.26. The van der Waals surface area contributed by atoms with E-state index in [2.05, 4.69) is 20.6 Å². The average molecular weight is 468 g/mol. The fourth-order valence-corrected chi connectivity index (χ4v) is 4.03. The third kappa shape index (κ3) is 4.89. The van der Waals surface area contributed by atoms with Gasteiger partial charge in [0.25, 0.3) is 5.91 Å². The third-order valence-electron chi connectivity index (χ3n) is 5.94. The van der Waals surface area contributed by atoms with Gasteiger partial charge in [0, 0.05) is 61.1 Å². The molecule has 4 aromatic rings. The minimum absolute atomic E-state index is 0.00361. The van der Waals surface area contributed by atoms with Gasteiger partial charge in [-0.15, -0.1) is 0 Å². The van der Waals surface area contributed by atoms with Crippen LogP contribution in [0.25, 0.3) is 11.3 Å². The summed E-state index contributed by atoms with van der Waals surface area (Å²) in [6.07, 6.45) is 8.17. The highest BCUT2D eigenvalue weighted by Crippen LogP contribution is 2.35. The van der Waals surface area contributed by atoms with Crippen LogP contribution in [0.3, 0.4) is 0 Å². The molecule has 0 unspecified atom stereocenters. The van der Waals surface area contributed by atoms with Crippen molar-refractivity contribution >= 4 is 29.1 Å². The van der Waals surface area contributed by atoms with Crippen LogP contribution in [0, 0.1) is 0 Å². The molecule has 2 N–H and O–H groups in total. The minimum atomic E-state index is -0.117. The van der Waals surface area contributed by atoms with Crippen molar-refractivity contribution in [1.29, 1.82) is 0 Å². The van der Waals surface area contributed by atoms with E-state index in [-0.39, 0.29) is 18.2 Å². The second kappa shape index (κ2) is 9.76. The topological polar surface area (TPSA) is 105 Å². The maximum atomic E-state index is 12.6. The molecule has 0 spiro atoms. The number of fused-ring (bicyclic) bond motifs is 3. The molecule has 0 saturated heterocycles. The summed E-state index contributed by atoms with van der Waals surface area (Å²) in [6.45, 7) is 1.39. The van der Waals surface area contributed by atoms with Gasteiger partial charge in [-0.2, -0.15) is 0 Å². The van der Waals surface area contributed by atoms with Crippen LogP contribution < -0.4 is 15.5 Å². The van der Waals surface area contributed by atoms with Crippen LogP contribution in [0.5, 0.6) is 0 Å². The second-order valence-electron chi connectivity index (χ2n) is 8.33. The van der Waals surface area contributed by atoms with Crippen LogP contribution in [0.15, 0.2) is 73.4 Å². The smallest absolute Gasteiger partial charge is 0.251 e.